The molecule has 0 N–H and O–H groups in total. The second kappa shape index (κ2) is 12.1. The van der Waals surface area contributed by atoms with Crippen molar-refractivity contribution in [2.75, 3.05) is 0 Å². The summed E-state index contributed by atoms with van der Waals surface area (Å²) in [7, 11) is 0. The highest BCUT2D eigenvalue weighted by atomic mass is 15.0. The molecule has 4 aliphatic heterocycles. The van der Waals surface area contributed by atoms with E-state index < -0.39 is 0 Å². The lowest BCUT2D eigenvalue weighted by atomic mass is 9.93. The smallest absolute Gasteiger partial charge is 0.0702 e. The van der Waals surface area contributed by atoms with E-state index in [2.05, 4.69) is 150 Å². The molecule has 230 valence electrons. The monoisotopic (exact) mass is 617 g/mol. The molecular weight excluding hydrogens is 583 g/mol. The molecule has 3 aromatic heterocycles. The van der Waals surface area contributed by atoms with Gasteiger partial charge in [-0.2, -0.15) is 0 Å². The number of rotatable bonds is 0. The zero-order chi connectivity index (χ0) is 31.9. The fraction of sp³-hybridized carbons (Fsp3) is 0.111. The number of nitrogens with zero attached hydrogens (tertiary/aromatic N) is 3. The lowest BCUT2D eigenvalue weighted by molar-refractivity contribution is 0.818. The fourth-order valence-electron chi connectivity index (χ4n) is 7.38. The molecule has 0 saturated heterocycles. The molecule has 10 bridgehead atoms. The third-order valence-corrected chi connectivity index (χ3v) is 9.89. The molecule has 0 amide bonds. The molecule has 7 heterocycles. The Balaban J connectivity index is 1.16. The molecule has 0 atom stereocenters. The maximum atomic E-state index is 4.96. The Labute approximate surface area is 281 Å². The first-order valence-electron chi connectivity index (χ1n) is 17.0. The molecule has 3 nitrogen and oxygen atoms in total. The van der Waals surface area contributed by atoms with Crippen molar-refractivity contribution < 1.29 is 0 Å². The van der Waals surface area contributed by atoms with Crippen LogP contribution in [0.2, 0.25) is 0 Å². The van der Waals surface area contributed by atoms with Gasteiger partial charge in [0.15, 0.2) is 0 Å². The summed E-state index contributed by atoms with van der Waals surface area (Å²) in [4.78, 5) is 9.91. The van der Waals surface area contributed by atoms with Crippen LogP contribution in [0.4, 0.5) is 0 Å². The second-order valence-corrected chi connectivity index (χ2v) is 12.9. The summed E-state index contributed by atoms with van der Waals surface area (Å²) in [5.41, 5.74) is 15.6. The van der Waals surface area contributed by atoms with Crippen molar-refractivity contribution in [1.29, 1.82) is 0 Å². The van der Waals surface area contributed by atoms with Gasteiger partial charge >= 0.3 is 0 Å². The van der Waals surface area contributed by atoms with Gasteiger partial charge in [0, 0.05) is 40.0 Å². The van der Waals surface area contributed by atoms with Gasteiger partial charge in [-0.3, -0.25) is 9.97 Å². The van der Waals surface area contributed by atoms with Crippen LogP contribution >= 0.6 is 0 Å². The second-order valence-electron chi connectivity index (χ2n) is 12.9. The summed E-state index contributed by atoms with van der Waals surface area (Å²) < 4.78 is 2.38. The van der Waals surface area contributed by atoms with Crippen LogP contribution in [0.25, 0.3) is 61.1 Å². The van der Waals surface area contributed by atoms with Crippen LogP contribution in [-0.4, -0.2) is 14.5 Å². The number of para-hydroxylation sites is 1. The van der Waals surface area contributed by atoms with Crippen LogP contribution in [-0.2, 0) is 25.7 Å². The van der Waals surface area contributed by atoms with Crippen molar-refractivity contribution in [3.05, 3.63) is 174 Å². The normalized spacial score (nSPS) is 13.0. The molecule has 0 radical (unpaired) electrons. The predicted octanol–water partition coefficient (Wildman–Crippen LogP) is 10.8. The van der Waals surface area contributed by atoms with Gasteiger partial charge in [0.25, 0.3) is 0 Å². The molecule has 5 aromatic carbocycles. The highest BCUT2D eigenvalue weighted by molar-refractivity contribution is 6.10. The van der Waals surface area contributed by atoms with Gasteiger partial charge in [0.2, 0.25) is 0 Å². The molecule has 0 spiro atoms. The first-order valence-corrected chi connectivity index (χ1v) is 17.0. The van der Waals surface area contributed by atoms with Gasteiger partial charge in [-0.25, -0.2) is 0 Å². The van der Waals surface area contributed by atoms with E-state index in [0.29, 0.717) is 0 Å². The lowest BCUT2D eigenvalue weighted by Crippen LogP contribution is -1.96. The van der Waals surface area contributed by atoms with E-state index in [1.807, 2.05) is 6.20 Å². The number of aryl methyl sites for hydroxylation is 4. The average Bonchev–Trinajstić information content (AvgIpc) is 3.48. The van der Waals surface area contributed by atoms with Gasteiger partial charge in [0.1, 0.15) is 0 Å². The molecule has 0 saturated carbocycles. The van der Waals surface area contributed by atoms with Gasteiger partial charge < -0.3 is 4.57 Å². The largest absolute Gasteiger partial charge is 0.309 e. The van der Waals surface area contributed by atoms with Gasteiger partial charge in [-0.1, -0.05) is 103 Å². The molecule has 12 rings (SSSR count). The van der Waals surface area contributed by atoms with Crippen molar-refractivity contribution in [3.8, 4) is 39.3 Å². The highest BCUT2D eigenvalue weighted by Crippen LogP contribution is 2.35. The number of pyridine rings is 2. The number of fused-ring (bicyclic) bond motifs is 2. The third kappa shape index (κ3) is 5.28. The number of aromatic nitrogens is 3. The van der Waals surface area contributed by atoms with Crippen molar-refractivity contribution in [3.63, 3.8) is 0 Å². The van der Waals surface area contributed by atoms with E-state index in [-0.39, 0.29) is 0 Å². The quantitative estimate of drug-likeness (QED) is 0.169. The SMILES string of the molecule is c1cc2cc(c1)-c1ccccc1CCCc1ccc(nc1)-c1ccc3c4ccccc4n(c3c1)-c1cccc(c1)-c1ccc(cn1)CC2. The van der Waals surface area contributed by atoms with Crippen molar-refractivity contribution in [2.24, 2.45) is 0 Å². The highest BCUT2D eigenvalue weighted by Gasteiger charge is 2.15. The molecule has 0 unspecified atom stereocenters. The van der Waals surface area contributed by atoms with Crippen LogP contribution in [0, 0.1) is 0 Å². The molecular formula is C45H35N3. The van der Waals surface area contributed by atoms with Crippen LogP contribution in [0.5, 0.6) is 0 Å². The molecule has 48 heavy (non-hydrogen) atoms. The van der Waals surface area contributed by atoms with Gasteiger partial charge in [0.05, 0.1) is 22.4 Å². The standard InChI is InChI=1S/C45H35N3/c1-2-15-39-34(10-1)11-6-9-32-20-24-43(46-29-32)37-22-23-41-40-16-3-4-17-44(40)48(45(41)28-37)38-14-7-13-36(27-38)42-25-21-33(30-47-42)19-18-31-8-5-12-35(39)26-31/h1-5,7-8,10,12-17,20-30H,6,9,11,18-19H2. The Hall–Kier alpha value is -5.80. The Morgan fingerprint density at radius 2 is 1.15 bits per heavy atom. The molecule has 0 fully saturated rings. The topological polar surface area (TPSA) is 30.7 Å². The Morgan fingerprint density at radius 1 is 0.438 bits per heavy atom. The molecule has 8 aromatic rings. The predicted molar refractivity (Wildman–Crippen MR) is 199 cm³/mol. The minimum absolute atomic E-state index is 0.953. The Kier molecular flexibility index (Phi) is 7.16. The van der Waals surface area contributed by atoms with E-state index in [1.54, 1.807) is 0 Å². The summed E-state index contributed by atoms with van der Waals surface area (Å²) in [5.74, 6) is 0. The van der Waals surface area contributed by atoms with Crippen LogP contribution < -0.4 is 0 Å². The number of hydrogen-bond acceptors (Lipinski definition) is 2. The van der Waals surface area contributed by atoms with Crippen molar-refractivity contribution in [2.45, 2.75) is 32.1 Å². The number of benzene rings is 5. The first-order chi connectivity index (χ1) is 23.8. The van der Waals surface area contributed by atoms with E-state index in [4.69, 9.17) is 9.97 Å². The fourth-order valence-corrected chi connectivity index (χ4v) is 7.38. The summed E-state index contributed by atoms with van der Waals surface area (Å²) in [5, 5.41) is 2.48. The summed E-state index contributed by atoms with van der Waals surface area (Å²) in [6.07, 6.45) is 9.15. The number of hydrogen-bond donors (Lipinski definition) is 0. The lowest BCUT2D eigenvalue weighted by Gasteiger charge is -2.12. The Bertz CT molecular complexity index is 2420. The van der Waals surface area contributed by atoms with Gasteiger partial charge in [-0.15, -0.1) is 0 Å². The van der Waals surface area contributed by atoms with Gasteiger partial charge in [-0.05, 0) is 102 Å². The van der Waals surface area contributed by atoms with Crippen molar-refractivity contribution in [1.82, 2.24) is 14.5 Å². The molecule has 3 heteroatoms. The third-order valence-electron chi connectivity index (χ3n) is 9.89. The summed E-state index contributed by atoms with van der Waals surface area (Å²) >= 11 is 0. The minimum Gasteiger partial charge on any atom is -0.309 e. The zero-order valence-corrected chi connectivity index (χ0v) is 26.8. The van der Waals surface area contributed by atoms with E-state index in [0.717, 1.165) is 60.3 Å². The Morgan fingerprint density at radius 3 is 2.00 bits per heavy atom. The average molecular weight is 618 g/mol. The minimum atomic E-state index is 0.953. The van der Waals surface area contributed by atoms with Crippen molar-refractivity contribution >= 4 is 21.8 Å². The van der Waals surface area contributed by atoms with Crippen LogP contribution in [0.3, 0.4) is 0 Å². The maximum Gasteiger partial charge on any atom is 0.0702 e. The maximum absolute atomic E-state index is 4.96. The van der Waals surface area contributed by atoms with E-state index in [9.17, 15) is 0 Å². The first kappa shape index (κ1) is 28.4. The van der Waals surface area contributed by atoms with Crippen LogP contribution in [0.1, 0.15) is 28.7 Å². The van der Waals surface area contributed by atoms with E-state index >= 15 is 0 Å². The molecule has 0 aliphatic carbocycles. The zero-order valence-electron chi connectivity index (χ0n) is 26.8. The summed E-state index contributed by atoms with van der Waals surface area (Å²) in [6.45, 7) is 0. The summed E-state index contributed by atoms with van der Waals surface area (Å²) in [6, 6.07) is 51.0. The molecule has 4 aliphatic rings. The van der Waals surface area contributed by atoms with Crippen LogP contribution in [0.15, 0.2) is 152 Å². The van der Waals surface area contributed by atoms with E-state index in [1.165, 1.54) is 55.2 Å².